The van der Waals surface area contributed by atoms with E-state index in [0.717, 1.165) is 0 Å². The molecule has 3 heteroatoms. The van der Waals surface area contributed by atoms with E-state index in [9.17, 15) is 0 Å². The highest BCUT2D eigenvalue weighted by atomic mass is 16.5. The van der Waals surface area contributed by atoms with Crippen LogP contribution in [0, 0.1) is 11.8 Å². The molecule has 0 N–H and O–H groups in total. The molecule has 11 heavy (non-hydrogen) atoms. The Morgan fingerprint density at radius 2 is 1.27 bits per heavy atom. The van der Waals surface area contributed by atoms with Crippen LogP contribution in [0.25, 0.3) is 0 Å². The van der Waals surface area contributed by atoms with Crippen LogP contribution in [0.15, 0.2) is 10.2 Å². The summed E-state index contributed by atoms with van der Waals surface area (Å²) in [6.45, 7) is 8.36. The maximum absolute atomic E-state index is 5.55. The second kappa shape index (κ2) is 3.30. The predicted octanol–water partition coefficient (Wildman–Crippen LogP) is 2.43. The van der Waals surface area contributed by atoms with Crippen molar-refractivity contribution in [2.45, 2.75) is 40.2 Å². The van der Waals surface area contributed by atoms with E-state index in [-0.39, 0.29) is 12.5 Å². The topological polar surface area (TPSA) is 34.0 Å². The van der Waals surface area contributed by atoms with Crippen molar-refractivity contribution in [3.05, 3.63) is 0 Å². The number of ether oxygens (including phenoxy) is 1. The Hall–Kier alpha value is -0.440. The Kier molecular flexibility index (Phi) is 2.60. The van der Waals surface area contributed by atoms with Crippen molar-refractivity contribution >= 4 is 0 Å². The van der Waals surface area contributed by atoms with Crippen molar-refractivity contribution in [2.24, 2.45) is 22.1 Å². The summed E-state index contributed by atoms with van der Waals surface area (Å²) in [6, 6.07) is 0. The summed E-state index contributed by atoms with van der Waals surface area (Å²) in [6.07, 6.45) is -0.0233. The summed E-state index contributed by atoms with van der Waals surface area (Å²) >= 11 is 0. The minimum atomic E-state index is -0.0117. The minimum absolute atomic E-state index is 0.0117. The molecule has 0 spiro atoms. The molecule has 0 aromatic heterocycles. The summed E-state index contributed by atoms with van der Waals surface area (Å²) in [5.41, 5.74) is 0. The van der Waals surface area contributed by atoms with Gasteiger partial charge in [0.25, 0.3) is 0 Å². The number of azo groups is 1. The van der Waals surface area contributed by atoms with E-state index in [1.54, 1.807) is 0 Å². The van der Waals surface area contributed by atoms with Crippen molar-refractivity contribution in [3.8, 4) is 0 Å². The molecule has 1 heterocycles. The van der Waals surface area contributed by atoms with Crippen LogP contribution in [-0.4, -0.2) is 12.5 Å². The molecule has 0 aliphatic carbocycles. The third kappa shape index (κ3) is 1.99. The minimum Gasteiger partial charge on any atom is -0.327 e. The molecule has 0 amide bonds. The molecule has 2 unspecified atom stereocenters. The first-order valence-corrected chi connectivity index (χ1v) is 4.16. The number of nitrogens with zero attached hydrogens (tertiary/aromatic N) is 2. The van der Waals surface area contributed by atoms with Gasteiger partial charge in [0, 0.05) is 11.8 Å². The fourth-order valence-corrected chi connectivity index (χ4v) is 0.910. The fraction of sp³-hybridized carbons (Fsp3) is 1.00. The zero-order valence-electron chi connectivity index (χ0n) is 7.61. The van der Waals surface area contributed by atoms with Crippen molar-refractivity contribution in [3.63, 3.8) is 0 Å². The largest absolute Gasteiger partial charge is 0.327 e. The van der Waals surface area contributed by atoms with Crippen LogP contribution in [0.3, 0.4) is 0 Å². The molecular weight excluding hydrogens is 140 g/mol. The zero-order valence-corrected chi connectivity index (χ0v) is 7.61. The summed E-state index contributed by atoms with van der Waals surface area (Å²) in [5.74, 6) is 0.866. The van der Waals surface area contributed by atoms with Gasteiger partial charge in [-0.3, -0.25) is 0 Å². The molecule has 0 bridgehead atoms. The Balaban J connectivity index is 2.43. The summed E-state index contributed by atoms with van der Waals surface area (Å²) in [4.78, 5) is 0. The lowest BCUT2D eigenvalue weighted by molar-refractivity contribution is -0.0123. The molecule has 3 nitrogen and oxygen atoms in total. The quantitative estimate of drug-likeness (QED) is 0.604. The molecule has 2 atom stereocenters. The SMILES string of the molecule is CC(C)C1N=NC(C(C)C)O1. The second-order valence-corrected chi connectivity index (χ2v) is 3.64. The normalized spacial score (nSPS) is 30.7. The van der Waals surface area contributed by atoms with Crippen LogP contribution in [0.4, 0.5) is 0 Å². The molecule has 1 aliphatic rings. The van der Waals surface area contributed by atoms with Gasteiger partial charge in [-0.1, -0.05) is 27.7 Å². The van der Waals surface area contributed by atoms with Gasteiger partial charge >= 0.3 is 0 Å². The lowest BCUT2D eigenvalue weighted by Gasteiger charge is -2.14. The first-order chi connectivity index (χ1) is 5.11. The van der Waals surface area contributed by atoms with E-state index < -0.39 is 0 Å². The number of hydrogen-bond acceptors (Lipinski definition) is 3. The van der Waals surface area contributed by atoms with Gasteiger partial charge in [0.1, 0.15) is 0 Å². The molecule has 0 saturated carbocycles. The Bertz CT molecular complexity index is 138. The van der Waals surface area contributed by atoms with Gasteiger partial charge < -0.3 is 4.74 Å². The molecule has 1 aliphatic heterocycles. The Labute approximate surface area is 67.8 Å². The second-order valence-electron chi connectivity index (χ2n) is 3.64. The highest BCUT2D eigenvalue weighted by Gasteiger charge is 2.26. The molecule has 0 fully saturated rings. The third-order valence-electron chi connectivity index (χ3n) is 1.71. The molecule has 0 aromatic rings. The lowest BCUT2D eigenvalue weighted by atomic mass is 10.2. The molecule has 0 aromatic carbocycles. The smallest absolute Gasteiger partial charge is 0.173 e. The van der Waals surface area contributed by atoms with Crippen molar-refractivity contribution in [2.75, 3.05) is 0 Å². The van der Waals surface area contributed by atoms with Crippen LogP contribution in [0.1, 0.15) is 27.7 Å². The van der Waals surface area contributed by atoms with E-state index in [2.05, 4.69) is 37.9 Å². The third-order valence-corrected chi connectivity index (χ3v) is 1.71. The Morgan fingerprint density at radius 1 is 0.909 bits per heavy atom. The van der Waals surface area contributed by atoms with Gasteiger partial charge in [0.15, 0.2) is 12.5 Å². The molecular formula is C8H16N2O. The maximum atomic E-state index is 5.55. The van der Waals surface area contributed by atoms with Crippen LogP contribution in [0.5, 0.6) is 0 Å². The molecule has 1 rings (SSSR count). The van der Waals surface area contributed by atoms with Gasteiger partial charge in [-0.15, -0.1) is 0 Å². The lowest BCUT2D eigenvalue weighted by Crippen LogP contribution is -2.20. The first-order valence-electron chi connectivity index (χ1n) is 4.16. The highest BCUT2D eigenvalue weighted by Crippen LogP contribution is 2.23. The van der Waals surface area contributed by atoms with Gasteiger partial charge in [-0.05, 0) is 0 Å². The summed E-state index contributed by atoms with van der Waals surface area (Å²) in [7, 11) is 0. The summed E-state index contributed by atoms with van der Waals surface area (Å²) < 4.78 is 5.55. The number of hydrogen-bond donors (Lipinski definition) is 0. The standard InChI is InChI=1S/C8H16N2O/c1-5(2)7-9-10-8(11-7)6(3)4/h5-8H,1-4H3. The highest BCUT2D eigenvalue weighted by molar-refractivity contribution is 4.69. The molecule has 64 valence electrons. The monoisotopic (exact) mass is 156 g/mol. The van der Waals surface area contributed by atoms with Crippen molar-refractivity contribution in [1.82, 2.24) is 0 Å². The van der Waals surface area contributed by atoms with E-state index in [1.807, 2.05) is 0 Å². The Morgan fingerprint density at radius 3 is 1.45 bits per heavy atom. The number of rotatable bonds is 2. The molecule has 0 radical (unpaired) electrons. The molecule has 0 saturated heterocycles. The van der Waals surface area contributed by atoms with E-state index in [4.69, 9.17) is 4.74 Å². The summed E-state index contributed by atoms with van der Waals surface area (Å²) in [5, 5.41) is 8.08. The van der Waals surface area contributed by atoms with Gasteiger partial charge in [-0.2, -0.15) is 10.2 Å². The van der Waals surface area contributed by atoms with Gasteiger partial charge in [0.2, 0.25) is 0 Å². The predicted molar refractivity (Wildman–Crippen MR) is 43.2 cm³/mol. The van der Waals surface area contributed by atoms with Gasteiger partial charge in [0.05, 0.1) is 0 Å². The van der Waals surface area contributed by atoms with Crippen molar-refractivity contribution < 1.29 is 4.74 Å². The van der Waals surface area contributed by atoms with E-state index in [0.29, 0.717) is 11.8 Å². The van der Waals surface area contributed by atoms with Crippen molar-refractivity contribution in [1.29, 1.82) is 0 Å². The first kappa shape index (κ1) is 8.65. The van der Waals surface area contributed by atoms with Gasteiger partial charge in [-0.25, -0.2) is 0 Å². The van der Waals surface area contributed by atoms with E-state index >= 15 is 0 Å². The average Bonchev–Trinajstić information content (AvgIpc) is 2.33. The van der Waals surface area contributed by atoms with Crippen LogP contribution in [-0.2, 0) is 4.74 Å². The fourth-order valence-electron chi connectivity index (χ4n) is 0.910. The van der Waals surface area contributed by atoms with Crippen LogP contribution in [0.2, 0.25) is 0 Å². The van der Waals surface area contributed by atoms with Crippen LogP contribution < -0.4 is 0 Å². The van der Waals surface area contributed by atoms with E-state index in [1.165, 1.54) is 0 Å². The average molecular weight is 156 g/mol. The maximum Gasteiger partial charge on any atom is 0.173 e. The zero-order chi connectivity index (χ0) is 8.43. The van der Waals surface area contributed by atoms with Crippen LogP contribution >= 0.6 is 0 Å².